The molecule has 0 N–H and O–H groups in total. The van der Waals surface area contributed by atoms with Gasteiger partial charge in [0.05, 0.1) is 19.3 Å². The normalized spacial score (nSPS) is 14.7. The number of anilines is 1. The van der Waals surface area contributed by atoms with Crippen LogP contribution in [-0.4, -0.2) is 19.1 Å². The van der Waals surface area contributed by atoms with Crippen LogP contribution in [0.25, 0.3) is 11.1 Å². The zero-order valence-electron chi connectivity index (χ0n) is 16.6. The van der Waals surface area contributed by atoms with E-state index in [2.05, 4.69) is 4.74 Å². The first-order chi connectivity index (χ1) is 15.5. The van der Waals surface area contributed by atoms with Gasteiger partial charge in [-0.15, -0.1) is 0 Å². The van der Waals surface area contributed by atoms with E-state index in [1.807, 2.05) is 0 Å². The molecule has 33 heavy (non-hydrogen) atoms. The SMILES string of the molecule is COc1ccc(CN2C(=O)C(F)(F)Oc3cc(F)c(-c4cc(F)c(F)c(F)c4F)cc32)cc1. The number of carbonyl (C=O) groups excluding carboxylic acids is 1. The molecule has 1 aliphatic heterocycles. The molecule has 0 spiro atoms. The smallest absolute Gasteiger partial charge is 0.482 e. The lowest BCUT2D eigenvalue weighted by molar-refractivity contribution is -0.193. The fourth-order valence-electron chi connectivity index (χ4n) is 3.33. The molecule has 0 bridgehead atoms. The number of hydrogen-bond donors (Lipinski definition) is 0. The molecule has 0 aromatic heterocycles. The molecule has 3 aromatic rings. The summed E-state index contributed by atoms with van der Waals surface area (Å²) >= 11 is 0. The maximum Gasteiger partial charge on any atom is 0.482 e. The number of hydrogen-bond acceptors (Lipinski definition) is 3. The monoisotopic (exact) mass is 471 g/mol. The number of halogens is 7. The Balaban J connectivity index is 1.86. The molecule has 0 unspecified atom stereocenters. The van der Waals surface area contributed by atoms with Crippen molar-refractivity contribution in [1.29, 1.82) is 0 Å². The van der Waals surface area contributed by atoms with Gasteiger partial charge in [0.1, 0.15) is 11.6 Å². The summed E-state index contributed by atoms with van der Waals surface area (Å²) in [4.78, 5) is 12.9. The molecule has 0 aliphatic carbocycles. The lowest BCUT2D eigenvalue weighted by atomic mass is 10.0. The average Bonchev–Trinajstić information content (AvgIpc) is 2.78. The van der Waals surface area contributed by atoms with Crippen LogP contribution < -0.4 is 14.4 Å². The molecule has 0 saturated heterocycles. The van der Waals surface area contributed by atoms with Gasteiger partial charge in [0.15, 0.2) is 29.0 Å². The average molecular weight is 471 g/mol. The molecule has 172 valence electrons. The summed E-state index contributed by atoms with van der Waals surface area (Å²) in [6.07, 6.45) is -4.34. The van der Waals surface area contributed by atoms with Crippen molar-refractivity contribution < 1.29 is 45.0 Å². The summed E-state index contributed by atoms with van der Waals surface area (Å²) in [6.45, 7) is -0.436. The molecule has 3 aromatic carbocycles. The third-order valence-electron chi connectivity index (χ3n) is 4.96. The molecule has 0 saturated carbocycles. The minimum absolute atomic E-state index is 0.215. The van der Waals surface area contributed by atoms with E-state index < -0.39 is 70.2 Å². The number of ether oxygens (including phenoxy) is 2. The lowest BCUT2D eigenvalue weighted by Crippen LogP contribution is -2.50. The third-order valence-corrected chi connectivity index (χ3v) is 4.96. The van der Waals surface area contributed by atoms with Crippen LogP contribution in [0, 0.1) is 29.1 Å². The molecule has 1 amide bonds. The van der Waals surface area contributed by atoms with Crippen molar-refractivity contribution in [3.05, 3.63) is 77.1 Å². The third kappa shape index (κ3) is 3.83. The fourth-order valence-corrected chi connectivity index (χ4v) is 3.33. The number of rotatable bonds is 4. The van der Waals surface area contributed by atoms with E-state index >= 15 is 0 Å². The van der Waals surface area contributed by atoms with E-state index in [1.165, 1.54) is 31.4 Å². The van der Waals surface area contributed by atoms with Gasteiger partial charge in [-0.05, 0) is 29.8 Å². The zero-order chi connectivity index (χ0) is 24.1. The van der Waals surface area contributed by atoms with Crippen molar-refractivity contribution in [3.63, 3.8) is 0 Å². The Morgan fingerprint density at radius 2 is 1.55 bits per heavy atom. The van der Waals surface area contributed by atoms with Gasteiger partial charge in [0.25, 0.3) is 0 Å². The maximum absolute atomic E-state index is 14.6. The van der Waals surface area contributed by atoms with Gasteiger partial charge in [-0.1, -0.05) is 12.1 Å². The Morgan fingerprint density at radius 3 is 2.18 bits per heavy atom. The van der Waals surface area contributed by atoms with E-state index in [-0.39, 0.29) is 6.07 Å². The van der Waals surface area contributed by atoms with E-state index in [0.29, 0.717) is 22.3 Å². The molecular weight excluding hydrogens is 459 g/mol. The molecule has 0 radical (unpaired) electrons. The number of nitrogens with zero attached hydrogens (tertiary/aromatic N) is 1. The van der Waals surface area contributed by atoms with Crippen LogP contribution in [0.4, 0.5) is 36.4 Å². The van der Waals surface area contributed by atoms with Gasteiger partial charge in [-0.3, -0.25) is 9.69 Å². The Hall–Kier alpha value is -3.76. The summed E-state index contributed by atoms with van der Waals surface area (Å²) in [6, 6.07) is 7.33. The van der Waals surface area contributed by atoms with Crippen molar-refractivity contribution in [2.75, 3.05) is 12.0 Å². The number of fused-ring (bicyclic) bond motifs is 1. The van der Waals surface area contributed by atoms with Crippen molar-refractivity contribution >= 4 is 11.6 Å². The number of benzene rings is 3. The second kappa shape index (κ2) is 7.98. The van der Waals surface area contributed by atoms with Gasteiger partial charge < -0.3 is 9.47 Å². The van der Waals surface area contributed by atoms with E-state index in [4.69, 9.17) is 4.74 Å². The number of carbonyl (C=O) groups is 1. The second-order valence-corrected chi connectivity index (χ2v) is 7.01. The van der Waals surface area contributed by atoms with Crippen LogP contribution in [0.3, 0.4) is 0 Å². The summed E-state index contributed by atoms with van der Waals surface area (Å²) in [5.74, 6) is -11.5. The molecule has 4 rings (SSSR count). The molecule has 11 heteroatoms. The number of amides is 1. The van der Waals surface area contributed by atoms with Gasteiger partial charge in [0.2, 0.25) is 0 Å². The standard InChI is InChI=1S/C22H12F7NO3/c1-32-11-4-2-10(3-5-11)9-30-16-7-12(13-6-15(24)19(26)20(27)18(13)25)14(23)8-17(16)33-22(28,29)21(30)31/h2-8H,9H2,1H3. The molecule has 1 aliphatic rings. The highest BCUT2D eigenvalue weighted by molar-refractivity contribution is 6.01. The Labute approximate surface area is 181 Å². The lowest BCUT2D eigenvalue weighted by Gasteiger charge is -2.34. The highest BCUT2D eigenvalue weighted by Crippen LogP contribution is 2.44. The summed E-state index contributed by atoms with van der Waals surface area (Å²) in [5.41, 5.74) is -1.86. The maximum atomic E-state index is 14.6. The predicted molar refractivity (Wildman–Crippen MR) is 101 cm³/mol. The second-order valence-electron chi connectivity index (χ2n) is 7.01. The van der Waals surface area contributed by atoms with Crippen molar-refractivity contribution in [2.45, 2.75) is 12.7 Å². The van der Waals surface area contributed by atoms with Crippen LogP contribution in [0.5, 0.6) is 11.5 Å². The minimum atomic E-state index is -4.34. The van der Waals surface area contributed by atoms with Crippen LogP contribution in [0.1, 0.15) is 5.56 Å². The van der Waals surface area contributed by atoms with Crippen LogP contribution in [0.2, 0.25) is 0 Å². The highest BCUT2D eigenvalue weighted by Gasteiger charge is 2.51. The Bertz CT molecular complexity index is 1260. The predicted octanol–water partition coefficient (Wildman–Crippen LogP) is 5.58. The first-order valence-electron chi connectivity index (χ1n) is 9.22. The van der Waals surface area contributed by atoms with E-state index in [1.54, 1.807) is 0 Å². The number of methoxy groups -OCH3 is 1. The van der Waals surface area contributed by atoms with Crippen LogP contribution in [-0.2, 0) is 11.3 Å². The molecule has 1 heterocycles. The van der Waals surface area contributed by atoms with Gasteiger partial charge in [-0.25, -0.2) is 22.0 Å². The fraction of sp³-hybridized carbons (Fsp3) is 0.136. The highest BCUT2D eigenvalue weighted by atomic mass is 19.3. The zero-order valence-corrected chi connectivity index (χ0v) is 16.6. The van der Waals surface area contributed by atoms with E-state index in [0.717, 1.165) is 6.07 Å². The van der Waals surface area contributed by atoms with Crippen LogP contribution >= 0.6 is 0 Å². The van der Waals surface area contributed by atoms with Gasteiger partial charge >= 0.3 is 12.0 Å². The topological polar surface area (TPSA) is 38.8 Å². The molecule has 0 atom stereocenters. The van der Waals surface area contributed by atoms with Crippen LogP contribution in [0.15, 0.2) is 42.5 Å². The largest absolute Gasteiger partial charge is 0.497 e. The summed E-state index contributed by atoms with van der Waals surface area (Å²) < 4.78 is 107. The molecule has 4 nitrogen and oxygen atoms in total. The van der Waals surface area contributed by atoms with Crippen molar-refractivity contribution in [1.82, 2.24) is 0 Å². The van der Waals surface area contributed by atoms with E-state index in [9.17, 15) is 35.5 Å². The van der Waals surface area contributed by atoms with Crippen molar-refractivity contribution in [2.24, 2.45) is 0 Å². The van der Waals surface area contributed by atoms with Crippen molar-refractivity contribution in [3.8, 4) is 22.6 Å². The quantitative estimate of drug-likeness (QED) is 0.284. The van der Waals surface area contributed by atoms with Gasteiger partial charge in [-0.2, -0.15) is 8.78 Å². The summed E-state index contributed by atoms with van der Waals surface area (Å²) in [7, 11) is 1.41. The first kappa shape index (κ1) is 22.4. The minimum Gasteiger partial charge on any atom is -0.497 e. The first-order valence-corrected chi connectivity index (χ1v) is 9.22. The Kier molecular flexibility index (Phi) is 5.43. The molecule has 0 fully saturated rings. The van der Waals surface area contributed by atoms with Gasteiger partial charge in [0, 0.05) is 17.2 Å². The number of alkyl halides is 2. The molecular formula is C22H12F7NO3. The summed E-state index contributed by atoms with van der Waals surface area (Å²) in [5, 5.41) is 0. The Morgan fingerprint density at radius 1 is 0.879 bits per heavy atom.